The second-order valence-corrected chi connectivity index (χ2v) is 4.73. The van der Waals surface area contributed by atoms with Crippen LogP contribution in [-0.4, -0.2) is 15.1 Å². The van der Waals surface area contributed by atoms with Gasteiger partial charge in [0, 0.05) is 22.4 Å². The molecular formula is C13H13BrN2O2. The summed E-state index contributed by atoms with van der Waals surface area (Å²) >= 11 is 3.37. The number of aromatic nitrogens is 2. The summed E-state index contributed by atoms with van der Waals surface area (Å²) in [6.07, 6.45) is 2.75. The summed E-state index contributed by atoms with van der Waals surface area (Å²) in [4.78, 5) is 8.16. The van der Waals surface area contributed by atoms with Gasteiger partial charge >= 0.3 is 0 Å². The largest absolute Gasteiger partial charge is 0.485 e. The number of aliphatic hydroxyl groups excluding tert-OH is 1. The smallest absolute Gasteiger partial charge is 0.166 e. The lowest BCUT2D eigenvalue weighted by molar-refractivity contribution is 0.189. The Morgan fingerprint density at radius 1 is 1.33 bits per heavy atom. The Morgan fingerprint density at radius 3 is 2.72 bits per heavy atom. The maximum Gasteiger partial charge on any atom is 0.166 e. The molecule has 0 aliphatic rings. The summed E-state index contributed by atoms with van der Waals surface area (Å²) in [5.41, 5.74) is 0.736. The first-order chi connectivity index (χ1) is 8.66. The summed E-state index contributed by atoms with van der Waals surface area (Å²) < 4.78 is 6.54. The standard InChI is InChI=1S/C13H13BrN2O2/c1-9(17)11-7-10(14)3-4-12(11)18-8-13-15-5-2-6-16-13/h2-7,9,17H,8H2,1H3. The number of nitrogens with zero attached hydrogens (tertiary/aromatic N) is 2. The highest BCUT2D eigenvalue weighted by molar-refractivity contribution is 9.10. The fourth-order valence-corrected chi connectivity index (χ4v) is 1.90. The fourth-order valence-electron chi connectivity index (χ4n) is 1.52. The topological polar surface area (TPSA) is 55.2 Å². The lowest BCUT2D eigenvalue weighted by atomic mass is 10.1. The molecule has 0 spiro atoms. The second kappa shape index (κ2) is 5.93. The fraction of sp³-hybridized carbons (Fsp3) is 0.231. The molecule has 2 rings (SSSR count). The van der Waals surface area contributed by atoms with Gasteiger partial charge in [0.05, 0.1) is 6.10 Å². The molecule has 0 amide bonds. The summed E-state index contributed by atoms with van der Waals surface area (Å²) in [7, 11) is 0. The third-order valence-corrected chi connectivity index (χ3v) is 2.89. The molecule has 1 heterocycles. The predicted octanol–water partition coefficient (Wildman–Crippen LogP) is 2.87. The first kappa shape index (κ1) is 13.0. The zero-order valence-electron chi connectivity index (χ0n) is 9.88. The number of hydrogen-bond acceptors (Lipinski definition) is 4. The van der Waals surface area contributed by atoms with Crippen LogP contribution in [0.1, 0.15) is 24.4 Å². The van der Waals surface area contributed by atoms with Crippen molar-refractivity contribution >= 4 is 15.9 Å². The van der Waals surface area contributed by atoms with E-state index in [0.29, 0.717) is 11.6 Å². The molecule has 0 fully saturated rings. The zero-order valence-corrected chi connectivity index (χ0v) is 11.5. The summed E-state index contributed by atoms with van der Waals surface area (Å²) in [5.74, 6) is 1.25. The Kier molecular flexibility index (Phi) is 4.28. The van der Waals surface area contributed by atoms with Crippen molar-refractivity contribution in [3.05, 3.63) is 52.5 Å². The summed E-state index contributed by atoms with van der Waals surface area (Å²) in [6, 6.07) is 7.28. The Labute approximate surface area is 114 Å². The van der Waals surface area contributed by atoms with Crippen LogP contribution < -0.4 is 4.74 Å². The van der Waals surface area contributed by atoms with E-state index in [2.05, 4.69) is 25.9 Å². The van der Waals surface area contributed by atoms with Gasteiger partial charge in [0.25, 0.3) is 0 Å². The first-order valence-corrected chi connectivity index (χ1v) is 6.32. The van der Waals surface area contributed by atoms with Crippen LogP contribution in [0.2, 0.25) is 0 Å². The van der Waals surface area contributed by atoms with Crippen LogP contribution >= 0.6 is 15.9 Å². The molecule has 2 aromatic rings. The van der Waals surface area contributed by atoms with Gasteiger partial charge in [-0.2, -0.15) is 0 Å². The first-order valence-electron chi connectivity index (χ1n) is 5.53. The predicted molar refractivity (Wildman–Crippen MR) is 71.1 cm³/mol. The van der Waals surface area contributed by atoms with Gasteiger partial charge in [-0.25, -0.2) is 9.97 Å². The normalized spacial score (nSPS) is 12.2. The van der Waals surface area contributed by atoms with Crippen molar-refractivity contribution in [3.63, 3.8) is 0 Å². The Bertz CT molecular complexity index is 518. The molecule has 94 valence electrons. The summed E-state index contributed by atoms with van der Waals surface area (Å²) in [5, 5.41) is 9.69. The van der Waals surface area contributed by atoms with Gasteiger partial charge in [-0.05, 0) is 31.2 Å². The molecule has 1 aromatic carbocycles. The number of hydrogen-bond donors (Lipinski definition) is 1. The maximum atomic E-state index is 9.69. The molecule has 0 aliphatic carbocycles. The Balaban J connectivity index is 2.14. The highest BCUT2D eigenvalue weighted by atomic mass is 79.9. The number of rotatable bonds is 4. The minimum atomic E-state index is -0.589. The SMILES string of the molecule is CC(O)c1cc(Br)ccc1OCc1ncccn1. The number of benzene rings is 1. The van der Waals surface area contributed by atoms with Crippen LogP contribution in [0.3, 0.4) is 0 Å². The molecule has 1 atom stereocenters. The number of ether oxygens (including phenoxy) is 1. The van der Waals surface area contributed by atoms with Gasteiger partial charge in [-0.15, -0.1) is 0 Å². The molecule has 1 aromatic heterocycles. The molecule has 0 saturated heterocycles. The molecule has 4 nitrogen and oxygen atoms in total. The molecular weight excluding hydrogens is 296 g/mol. The van der Waals surface area contributed by atoms with Crippen molar-refractivity contribution in [2.75, 3.05) is 0 Å². The minimum absolute atomic E-state index is 0.280. The monoisotopic (exact) mass is 308 g/mol. The third kappa shape index (κ3) is 3.27. The summed E-state index contributed by atoms with van der Waals surface area (Å²) in [6.45, 7) is 1.98. The molecule has 0 saturated carbocycles. The van der Waals surface area contributed by atoms with Crippen LogP contribution in [0.5, 0.6) is 5.75 Å². The van der Waals surface area contributed by atoms with Crippen LogP contribution in [0.15, 0.2) is 41.1 Å². The maximum absolute atomic E-state index is 9.69. The Morgan fingerprint density at radius 2 is 2.06 bits per heavy atom. The average molecular weight is 309 g/mol. The van der Waals surface area contributed by atoms with E-state index in [9.17, 15) is 5.11 Å². The second-order valence-electron chi connectivity index (χ2n) is 3.81. The molecule has 1 N–H and O–H groups in total. The quantitative estimate of drug-likeness (QED) is 0.943. The van der Waals surface area contributed by atoms with Gasteiger partial charge < -0.3 is 9.84 Å². The average Bonchev–Trinajstić information content (AvgIpc) is 2.38. The van der Waals surface area contributed by atoms with Gasteiger partial charge in [0.15, 0.2) is 5.82 Å². The van der Waals surface area contributed by atoms with Crippen LogP contribution in [0.25, 0.3) is 0 Å². The van der Waals surface area contributed by atoms with Crippen molar-refractivity contribution in [3.8, 4) is 5.75 Å². The zero-order chi connectivity index (χ0) is 13.0. The van der Waals surface area contributed by atoms with E-state index in [1.807, 2.05) is 18.2 Å². The van der Waals surface area contributed by atoms with Crippen molar-refractivity contribution in [2.24, 2.45) is 0 Å². The van der Waals surface area contributed by atoms with Crippen molar-refractivity contribution in [1.82, 2.24) is 9.97 Å². The highest BCUT2D eigenvalue weighted by Crippen LogP contribution is 2.28. The molecule has 0 bridgehead atoms. The van der Waals surface area contributed by atoms with E-state index < -0.39 is 6.10 Å². The highest BCUT2D eigenvalue weighted by Gasteiger charge is 2.10. The van der Waals surface area contributed by atoms with E-state index in [0.717, 1.165) is 10.0 Å². The van der Waals surface area contributed by atoms with Crippen molar-refractivity contribution < 1.29 is 9.84 Å². The van der Waals surface area contributed by atoms with E-state index in [1.54, 1.807) is 25.4 Å². The molecule has 1 unspecified atom stereocenters. The van der Waals surface area contributed by atoms with E-state index in [4.69, 9.17) is 4.74 Å². The van der Waals surface area contributed by atoms with Crippen LogP contribution in [0, 0.1) is 0 Å². The minimum Gasteiger partial charge on any atom is -0.485 e. The molecule has 0 aliphatic heterocycles. The van der Waals surface area contributed by atoms with Gasteiger partial charge in [0.1, 0.15) is 12.4 Å². The van der Waals surface area contributed by atoms with Crippen LogP contribution in [0.4, 0.5) is 0 Å². The van der Waals surface area contributed by atoms with Gasteiger partial charge in [0.2, 0.25) is 0 Å². The van der Waals surface area contributed by atoms with E-state index in [1.165, 1.54) is 0 Å². The number of aliphatic hydroxyl groups is 1. The third-order valence-electron chi connectivity index (χ3n) is 2.40. The van der Waals surface area contributed by atoms with E-state index >= 15 is 0 Å². The van der Waals surface area contributed by atoms with Crippen molar-refractivity contribution in [2.45, 2.75) is 19.6 Å². The van der Waals surface area contributed by atoms with E-state index in [-0.39, 0.29) is 6.61 Å². The Hall–Kier alpha value is -1.46. The van der Waals surface area contributed by atoms with Gasteiger partial charge in [-0.1, -0.05) is 15.9 Å². The number of halogens is 1. The molecule has 0 radical (unpaired) electrons. The lowest BCUT2D eigenvalue weighted by Crippen LogP contribution is -2.03. The lowest BCUT2D eigenvalue weighted by Gasteiger charge is -2.13. The van der Waals surface area contributed by atoms with Crippen LogP contribution in [-0.2, 0) is 6.61 Å². The van der Waals surface area contributed by atoms with Gasteiger partial charge in [-0.3, -0.25) is 0 Å². The molecule has 5 heteroatoms. The molecule has 18 heavy (non-hydrogen) atoms. The van der Waals surface area contributed by atoms with Crippen molar-refractivity contribution in [1.29, 1.82) is 0 Å².